The van der Waals surface area contributed by atoms with Gasteiger partial charge in [-0.2, -0.15) is 0 Å². The van der Waals surface area contributed by atoms with Crippen LogP contribution in [0.25, 0.3) is 0 Å². The summed E-state index contributed by atoms with van der Waals surface area (Å²) >= 11 is 14.2. The number of amides is 3. The van der Waals surface area contributed by atoms with Crippen molar-refractivity contribution >= 4 is 55.4 Å². The first-order chi connectivity index (χ1) is 17.8. The Hall–Kier alpha value is -1.38. The maximum atomic E-state index is 13.2. The number of halogens is 3. The lowest BCUT2D eigenvalue weighted by atomic mass is 9.75. The van der Waals surface area contributed by atoms with Gasteiger partial charge in [0.2, 0.25) is 5.91 Å². The number of urea groups is 1. The average Bonchev–Trinajstić information content (AvgIpc) is 3.13. The molecule has 200 valence electrons. The third-order valence-corrected chi connectivity index (χ3v) is 10.2. The van der Waals surface area contributed by atoms with Crippen molar-refractivity contribution in [2.75, 3.05) is 26.2 Å². The van der Waals surface area contributed by atoms with E-state index in [1.165, 1.54) is 22.4 Å². The molecular formula is C28H35Br2ClN4O2. The zero-order valence-electron chi connectivity index (χ0n) is 21.1. The SMILES string of the molecule is NC(=O)N1CCC(CC(=O)N2CCC(C3C4=C(CCc5cc(Br)cnc53)CCC(Cl)C=C4Br)CC2)CC1. The summed E-state index contributed by atoms with van der Waals surface area (Å²) in [5, 5.41) is 0.0357. The largest absolute Gasteiger partial charge is 0.351 e. The van der Waals surface area contributed by atoms with Crippen molar-refractivity contribution in [1.82, 2.24) is 14.8 Å². The predicted octanol–water partition coefficient (Wildman–Crippen LogP) is 6.27. The van der Waals surface area contributed by atoms with E-state index < -0.39 is 0 Å². The Kier molecular flexibility index (Phi) is 8.66. The minimum Gasteiger partial charge on any atom is -0.351 e. The van der Waals surface area contributed by atoms with Gasteiger partial charge in [0.25, 0.3) is 0 Å². The maximum Gasteiger partial charge on any atom is 0.314 e. The second kappa shape index (κ2) is 11.8. The van der Waals surface area contributed by atoms with Gasteiger partial charge in [0.15, 0.2) is 0 Å². The average molecular weight is 655 g/mol. The van der Waals surface area contributed by atoms with Crippen LogP contribution in [-0.2, 0) is 11.2 Å². The number of allylic oxidation sites excluding steroid dienone is 4. The van der Waals surface area contributed by atoms with E-state index in [1.54, 1.807) is 4.90 Å². The summed E-state index contributed by atoms with van der Waals surface area (Å²) in [4.78, 5) is 33.3. The lowest BCUT2D eigenvalue weighted by Gasteiger charge is -2.38. The number of aromatic nitrogens is 1. The lowest BCUT2D eigenvalue weighted by molar-refractivity contribution is -0.134. The summed E-state index contributed by atoms with van der Waals surface area (Å²) < 4.78 is 2.16. The van der Waals surface area contributed by atoms with Crippen LogP contribution in [0, 0.1) is 11.8 Å². The number of alkyl halides is 1. The molecule has 4 aliphatic rings. The number of aryl methyl sites for hydroxylation is 1. The molecule has 2 aliphatic carbocycles. The topological polar surface area (TPSA) is 79.5 Å². The molecule has 0 bridgehead atoms. The number of nitrogens with zero attached hydrogens (tertiary/aromatic N) is 3. The Morgan fingerprint density at radius 2 is 1.70 bits per heavy atom. The smallest absolute Gasteiger partial charge is 0.314 e. The van der Waals surface area contributed by atoms with E-state index in [0.29, 0.717) is 31.3 Å². The van der Waals surface area contributed by atoms with Gasteiger partial charge in [-0.1, -0.05) is 27.6 Å². The van der Waals surface area contributed by atoms with Gasteiger partial charge in [-0.05, 0) is 96.3 Å². The fourth-order valence-electron chi connectivity index (χ4n) is 6.64. The standard InChI is InChI=1S/C28H35Br2ClN4O2/c29-21-14-20-2-1-18-3-4-22(31)15-23(30)25(18)26(27(20)33-16-21)19-7-11-34(12-8-19)24(36)13-17-5-9-35(10-6-17)28(32)37/h14-17,19,22,26H,1-13H2,(H2,32,37). The van der Waals surface area contributed by atoms with Crippen LogP contribution in [0.15, 0.2) is 38.4 Å². The number of piperidine rings is 2. The van der Waals surface area contributed by atoms with Gasteiger partial charge in [-0.3, -0.25) is 9.78 Å². The number of pyridine rings is 1. The van der Waals surface area contributed by atoms with E-state index in [9.17, 15) is 9.59 Å². The Morgan fingerprint density at radius 3 is 2.41 bits per heavy atom. The van der Waals surface area contributed by atoms with E-state index >= 15 is 0 Å². The van der Waals surface area contributed by atoms with Crippen LogP contribution >= 0.6 is 43.5 Å². The highest BCUT2D eigenvalue weighted by Gasteiger charge is 2.38. The minimum atomic E-state index is -0.358. The van der Waals surface area contributed by atoms with E-state index in [1.807, 2.05) is 6.20 Å². The van der Waals surface area contributed by atoms with Gasteiger partial charge in [-0.15, -0.1) is 11.6 Å². The molecule has 6 nitrogen and oxygen atoms in total. The van der Waals surface area contributed by atoms with Crippen LogP contribution < -0.4 is 5.73 Å². The van der Waals surface area contributed by atoms with Crippen molar-refractivity contribution in [3.63, 3.8) is 0 Å². The first-order valence-corrected chi connectivity index (χ1v) is 15.5. The number of hydrogen-bond acceptors (Lipinski definition) is 3. The molecule has 2 unspecified atom stereocenters. The molecule has 5 rings (SSSR count). The van der Waals surface area contributed by atoms with Crippen LogP contribution in [0.2, 0.25) is 0 Å². The second-order valence-corrected chi connectivity index (χ2v) is 13.3. The molecule has 1 aromatic heterocycles. The van der Waals surface area contributed by atoms with Crippen molar-refractivity contribution in [2.24, 2.45) is 17.6 Å². The van der Waals surface area contributed by atoms with Crippen LogP contribution in [0.3, 0.4) is 0 Å². The number of primary amides is 1. The molecule has 2 N–H and O–H groups in total. The summed E-state index contributed by atoms with van der Waals surface area (Å²) in [5.41, 5.74) is 10.8. The van der Waals surface area contributed by atoms with Gasteiger partial charge in [0, 0.05) is 53.7 Å². The number of likely N-dealkylation sites (tertiary alicyclic amines) is 2. The van der Waals surface area contributed by atoms with E-state index in [2.05, 4.69) is 48.9 Å². The zero-order valence-corrected chi connectivity index (χ0v) is 25.0. The highest BCUT2D eigenvalue weighted by molar-refractivity contribution is 9.12. The lowest BCUT2D eigenvalue weighted by Crippen LogP contribution is -2.44. The molecule has 9 heteroatoms. The summed E-state index contributed by atoms with van der Waals surface area (Å²) in [6, 6.07) is 1.88. The third kappa shape index (κ3) is 6.11. The van der Waals surface area contributed by atoms with Gasteiger partial charge in [-0.25, -0.2) is 4.79 Å². The van der Waals surface area contributed by atoms with Crippen LogP contribution in [-0.4, -0.2) is 58.3 Å². The molecule has 2 aliphatic heterocycles. The van der Waals surface area contributed by atoms with Gasteiger partial charge in [0.05, 0.1) is 11.1 Å². The van der Waals surface area contributed by atoms with Crippen molar-refractivity contribution in [1.29, 1.82) is 0 Å². The number of carbonyl (C=O) groups is 2. The minimum absolute atomic E-state index is 0.0357. The molecule has 0 radical (unpaired) electrons. The quantitative estimate of drug-likeness (QED) is 0.391. The molecule has 0 spiro atoms. The summed E-state index contributed by atoms with van der Waals surface area (Å²) in [6.07, 6.45) is 12.3. The zero-order chi connectivity index (χ0) is 26.1. The van der Waals surface area contributed by atoms with Gasteiger partial charge >= 0.3 is 6.03 Å². The number of rotatable bonds is 3. The van der Waals surface area contributed by atoms with E-state index in [-0.39, 0.29) is 23.2 Å². The predicted molar refractivity (Wildman–Crippen MR) is 154 cm³/mol. The summed E-state index contributed by atoms with van der Waals surface area (Å²) in [6.45, 7) is 2.88. The molecule has 0 saturated carbocycles. The molecule has 37 heavy (non-hydrogen) atoms. The van der Waals surface area contributed by atoms with Crippen molar-refractivity contribution in [3.05, 3.63) is 49.7 Å². The normalized spacial score (nSPS) is 25.6. The molecule has 2 saturated heterocycles. The van der Waals surface area contributed by atoms with E-state index in [4.69, 9.17) is 22.3 Å². The first kappa shape index (κ1) is 27.2. The second-order valence-electron chi connectivity index (χ2n) is 11.0. The summed E-state index contributed by atoms with van der Waals surface area (Å²) in [5.74, 6) is 1.22. The van der Waals surface area contributed by atoms with Gasteiger partial charge < -0.3 is 15.5 Å². The molecule has 3 heterocycles. The molecule has 1 aromatic rings. The Balaban J connectivity index is 1.31. The number of hydrogen-bond donors (Lipinski definition) is 1. The fourth-order valence-corrected chi connectivity index (χ4v) is 8.26. The van der Waals surface area contributed by atoms with E-state index in [0.717, 1.165) is 73.4 Å². The van der Waals surface area contributed by atoms with Crippen LogP contribution in [0.5, 0.6) is 0 Å². The Bertz CT molecular complexity index is 1110. The Morgan fingerprint density at radius 1 is 1.00 bits per heavy atom. The number of carbonyl (C=O) groups excluding carboxylic acids is 2. The number of fused-ring (bicyclic) bond motifs is 1. The maximum absolute atomic E-state index is 13.2. The van der Waals surface area contributed by atoms with Crippen LogP contribution in [0.4, 0.5) is 4.79 Å². The van der Waals surface area contributed by atoms with Gasteiger partial charge in [0.1, 0.15) is 0 Å². The molecule has 2 fully saturated rings. The number of nitrogens with two attached hydrogens (primary N) is 1. The fraction of sp³-hybridized carbons (Fsp3) is 0.607. The molecular weight excluding hydrogens is 620 g/mol. The van der Waals surface area contributed by atoms with Crippen molar-refractivity contribution in [3.8, 4) is 0 Å². The monoisotopic (exact) mass is 652 g/mol. The molecule has 3 amide bonds. The Labute approximate surface area is 241 Å². The molecule has 2 atom stereocenters. The highest BCUT2D eigenvalue weighted by atomic mass is 79.9. The summed E-state index contributed by atoms with van der Waals surface area (Å²) in [7, 11) is 0. The first-order valence-electron chi connectivity index (χ1n) is 13.5. The highest BCUT2D eigenvalue weighted by Crippen LogP contribution is 2.49. The van der Waals surface area contributed by atoms with Crippen molar-refractivity contribution in [2.45, 2.75) is 69.1 Å². The van der Waals surface area contributed by atoms with Crippen LogP contribution in [0.1, 0.15) is 68.5 Å². The molecule has 0 aromatic carbocycles. The van der Waals surface area contributed by atoms with Crippen molar-refractivity contribution < 1.29 is 9.59 Å². The third-order valence-electron chi connectivity index (χ3n) is 8.71.